The molecule has 2 aliphatic carbocycles. The van der Waals surface area contributed by atoms with Gasteiger partial charge < -0.3 is 20.2 Å². The van der Waals surface area contributed by atoms with Gasteiger partial charge in [0.2, 0.25) is 5.95 Å². The Morgan fingerprint density at radius 1 is 1.10 bits per heavy atom. The van der Waals surface area contributed by atoms with E-state index in [2.05, 4.69) is 33.9 Å². The maximum Gasteiger partial charge on any atom is 0.229 e. The van der Waals surface area contributed by atoms with Crippen LogP contribution in [0.1, 0.15) is 89.2 Å². The highest BCUT2D eigenvalue weighted by Crippen LogP contribution is 2.53. The monoisotopic (exact) mass is 567 g/mol. The van der Waals surface area contributed by atoms with E-state index in [0.29, 0.717) is 29.3 Å². The van der Waals surface area contributed by atoms with Crippen LogP contribution >= 0.6 is 0 Å². The maximum absolute atomic E-state index is 13.5. The largest absolute Gasteiger partial charge is 0.388 e. The standard InChI is InChI=1S/C31H45N5O3S/c1-21(2)35-14-11-31(12-15-35)17-25(18-31)40(38,39)24-8-9-27(22(3)16-24)33-29-32-19-26(23-6-7-23)28(34-29)36-13-5-10-30(4,37)20-36/h8-9,16,19,21,23,25,37H,5-7,10-15,17-18,20H2,1-4H3,(H,32,33,34). The van der Waals surface area contributed by atoms with Gasteiger partial charge in [-0.1, -0.05) is 0 Å². The highest BCUT2D eigenvalue weighted by molar-refractivity contribution is 7.92. The van der Waals surface area contributed by atoms with Gasteiger partial charge in [0.05, 0.1) is 15.7 Å². The van der Waals surface area contributed by atoms with Crippen LogP contribution in [0.25, 0.3) is 0 Å². The Balaban J connectivity index is 1.15. The molecule has 1 aromatic heterocycles. The van der Waals surface area contributed by atoms with Gasteiger partial charge in [-0.3, -0.25) is 0 Å². The lowest BCUT2D eigenvalue weighted by Crippen LogP contribution is -2.52. The van der Waals surface area contributed by atoms with Crippen molar-refractivity contribution in [2.45, 2.75) is 107 Å². The molecule has 4 aliphatic rings. The van der Waals surface area contributed by atoms with Crippen LogP contribution in [0.4, 0.5) is 17.5 Å². The minimum atomic E-state index is -3.36. The topological polar surface area (TPSA) is 98.7 Å². The van der Waals surface area contributed by atoms with Crippen LogP contribution in [-0.4, -0.2) is 71.5 Å². The highest BCUT2D eigenvalue weighted by atomic mass is 32.2. The molecule has 2 saturated carbocycles. The summed E-state index contributed by atoms with van der Waals surface area (Å²) < 4.78 is 27.1. The summed E-state index contributed by atoms with van der Waals surface area (Å²) in [5.74, 6) is 1.91. The summed E-state index contributed by atoms with van der Waals surface area (Å²) in [6.07, 6.45) is 9.75. The number of nitrogens with one attached hydrogen (secondary N) is 1. The molecule has 8 nitrogen and oxygen atoms in total. The molecular formula is C31H45N5O3S. The molecule has 218 valence electrons. The van der Waals surface area contributed by atoms with Gasteiger partial charge in [0.1, 0.15) is 5.82 Å². The van der Waals surface area contributed by atoms with Crippen molar-refractivity contribution in [1.82, 2.24) is 14.9 Å². The number of aromatic nitrogens is 2. The third-order valence-electron chi connectivity index (χ3n) is 9.91. The normalized spacial score (nSPS) is 25.8. The lowest BCUT2D eigenvalue weighted by molar-refractivity contribution is 0.0246. The average molecular weight is 568 g/mol. The zero-order valence-corrected chi connectivity index (χ0v) is 25.3. The number of benzene rings is 1. The van der Waals surface area contributed by atoms with Crippen molar-refractivity contribution in [2.24, 2.45) is 5.41 Å². The van der Waals surface area contributed by atoms with Crippen molar-refractivity contribution >= 4 is 27.3 Å². The van der Waals surface area contributed by atoms with Crippen LogP contribution in [0, 0.1) is 12.3 Å². The summed E-state index contributed by atoms with van der Waals surface area (Å²) in [6.45, 7) is 11.9. The lowest BCUT2D eigenvalue weighted by Gasteiger charge is -2.52. The molecule has 2 saturated heterocycles. The Hall–Kier alpha value is -2.23. The number of hydrogen-bond donors (Lipinski definition) is 2. The molecule has 0 amide bonds. The zero-order chi connectivity index (χ0) is 28.3. The zero-order valence-electron chi connectivity index (χ0n) is 24.5. The second kappa shape index (κ2) is 10.2. The van der Waals surface area contributed by atoms with E-state index >= 15 is 0 Å². The number of aryl methyl sites for hydroxylation is 1. The maximum atomic E-state index is 13.5. The van der Waals surface area contributed by atoms with Gasteiger partial charge in [-0.2, -0.15) is 4.98 Å². The van der Waals surface area contributed by atoms with Gasteiger partial charge in [-0.25, -0.2) is 13.4 Å². The van der Waals surface area contributed by atoms with Crippen LogP contribution < -0.4 is 10.2 Å². The molecule has 4 fully saturated rings. The van der Waals surface area contributed by atoms with Crippen molar-refractivity contribution in [2.75, 3.05) is 36.4 Å². The number of likely N-dealkylation sites (tertiary alicyclic amines) is 1. The molecule has 1 unspecified atom stereocenters. The molecule has 2 N–H and O–H groups in total. The van der Waals surface area contributed by atoms with Crippen LogP contribution in [0.2, 0.25) is 0 Å². The van der Waals surface area contributed by atoms with E-state index in [1.54, 1.807) is 12.1 Å². The van der Waals surface area contributed by atoms with E-state index in [0.717, 1.165) is 93.6 Å². The summed E-state index contributed by atoms with van der Waals surface area (Å²) in [7, 11) is -3.36. The van der Waals surface area contributed by atoms with Crippen molar-refractivity contribution < 1.29 is 13.5 Å². The van der Waals surface area contributed by atoms with Gasteiger partial charge >= 0.3 is 0 Å². The third kappa shape index (κ3) is 5.49. The van der Waals surface area contributed by atoms with Crippen molar-refractivity contribution in [3.05, 3.63) is 35.5 Å². The van der Waals surface area contributed by atoms with Gasteiger partial charge in [-0.15, -0.1) is 0 Å². The summed E-state index contributed by atoms with van der Waals surface area (Å²) in [5.41, 5.74) is 2.32. The van der Waals surface area contributed by atoms with Crippen molar-refractivity contribution in [1.29, 1.82) is 0 Å². The fourth-order valence-electron chi connectivity index (χ4n) is 7.09. The number of aliphatic hydroxyl groups is 1. The molecule has 3 heterocycles. The first-order valence-corrected chi connectivity index (χ1v) is 16.7. The summed E-state index contributed by atoms with van der Waals surface area (Å²) >= 11 is 0. The van der Waals surface area contributed by atoms with Gasteiger partial charge in [-0.05, 0) is 127 Å². The van der Waals surface area contributed by atoms with E-state index in [1.807, 2.05) is 26.1 Å². The van der Waals surface area contributed by atoms with Crippen LogP contribution in [0.5, 0.6) is 0 Å². The fourth-order valence-corrected chi connectivity index (χ4v) is 9.22. The van der Waals surface area contributed by atoms with E-state index in [1.165, 1.54) is 0 Å². The Kier molecular flexibility index (Phi) is 7.15. The second-order valence-electron chi connectivity index (χ2n) is 13.6. The number of β-amino-alcohol motifs (C(OH)–C–C–N with tert-alkyl or cyclic N) is 1. The summed E-state index contributed by atoms with van der Waals surface area (Å²) in [4.78, 5) is 14.7. The van der Waals surface area contributed by atoms with Crippen LogP contribution in [-0.2, 0) is 9.84 Å². The minimum Gasteiger partial charge on any atom is -0.388 e. The highest BCUT2D eigenvalue weighted by Gasteiger charge is 2.51. The molecular weight excluding hydrogens is 522 g/mol. The Labute approximate surface area is 239 Å². The van der Waals surface area contributed by atoms with E-state index in [9.17, 15) is 13.5 Å². The fraction of sp³-hybridized carbons (Fsp3) is 0.677. The molecule has 40 heavy (non-hydrogen) atoms. The van der Waals surface area contributed by atoms with E-state index < -0.39 is 15.4 Å². The Bertz CT molecular complexity index is 1360. The molecule has 2 aromatic rings. The second-order valence-corrected chi connectivity index (χ2v) is 15.8. The number of nitrogens with zero attached hydrogens (tertiary/aromatic N) is 4. The van der Waals surface area contributed by atoms with Gasteiger partial charge in [0.15, 0.2) is 9.84 Å². The Morgan fingerprint density at radius 3 is 2.45 bits per heavy atom. The quantitative estimate of drug-likeness (QED) is 0.472. The molecule has 9 heteroatoms. The first-order valence-electron chi connectivity index (χ1n) is 15.1. The molecule has 1 atom stereocenters. The van der Waals surface area contributed by atoms with E-state index in [4.69, 9.17) is 4.98 Å². The minimum absolute atomic E-state index is 0.211. The van der Waals surface area contributed by atoms with Gasteiger partial charge in [0, 0.05) is 36.6 Å². The number of anilines is 3. The SMILES string of the molecule is Cc1cc(S(=O)(=O)C2CC3(CCN(C(C)C)CC3)C2)ccc1Nc1ncc(C2CC2)c(N2CCCC(C)(O)C2)n1. The van der Waals surface area contributed by atoms with Crippen LogP contribution in [0.15, 0.2) is 29.3 Å². The predicted molar refractivity (Wildman–Crippen MR) is 159 cm³/mol. The smallest absolute Gasteiger partial charge is 0.229 e. The molecule has 6 rings (SSSR count). The number of sulfone groups is 1. The number of piperidine rings is 2. The Morgan fingerprint density at radius 2 is 1.82 bits per heavy atom. The average Bonchev–Trinajstić information content (AvgIpc) is 3.73. The summed E-state index contributed by atoms with van der Waals surface area (Å²) in [5, 5.41) is 13.8. The van der Waals surface area contributed by atoms with E-state index in [-0.39, 0.29) is 10.7 Å². The molecule has 0 radical (unpaired) electrons. The lowest BCUT2D eigenvalue weighted by atomic mass is 9.63. The molecule has 0 bridgehead atoms. The first-order chi connectivity index (χ1) is 18.9. The molecule has 1 aromatic carbocycles. The third-order valence-corrected chi connectivity index (χ3v) is 12.0. The van der Waals surface area contributed by atoms with Crippen molar-refractivity contribution in [3.8, 4) is 0 Å². The van der Waals surface area contributed by atoms with Gasteiger partial charge in [0.25, 0.3) is 0 Å². The molecule has 2 aliphatic heterocycles. The van der Waals surface area contributed by atoms with Crippen LogP contribution in [0.3, 0.4) is 0 Å². The first kappa shape index (κ1) is 27.9. The predicted octanol–water partition coefficient (Wildman–Crippen LogP) is 5.18. The summed E-state index contributed by atoms with van der Waals surface area (Å²) in [6, 6.07) is 5.94. The van der Waals surface area contributed by atoms with Crippen molar-refractivity contribution in [3.63, 3.8) is 0 Å². The molecule has 1 spiro atoms. The number of hydrogen-bond acceptors (Lipinski definition) is 8. The number of rotatable bonds is 7.